The molecule has 0 radical (unpaired) electrons. The first-order valence-electron chi connectivity index (χ1n) is 5.95. The third-order valence-corrected chi connectivity index (χ3v) is 4.13. The predicted octanol–water partition coefficient (Wildman–Crippen LogP) is 3.79. The maximum atomic E-state index is 7.50. The lowest BCUT2D eigenvalue weighted by molar-refractivity contribution is 0.590. The standard InChI is InChI=1S/C14H22N2S/c1-5-12(13(15)16)17-11-8-6-10(7-9-11)14(2,3)4/h6-9,12H,5H2,1-4H3,(H3,15,16). The van der Waals surface area contributed by atoms with Gasteiger partial charge in [0.25, 0.3) is 0 Å². The van der Waals surface area contributed by atoms with Crippen LogP contribution < -0.4 is 5.73 Å². The van der Waals surface area contributed by atoms with E-state index in [0.717, 1.165) is 6.42 Å². The van der Waals surface area contributed by atoms with Gasteiger partial charge in [0.05, 0.1) is 5.25 Å². The molecule has 0 aliphatic rings. The molecule has 1 aromatic carbocycles. The van der Waals surface area contributed by atoms with Crippen molar-refractivity contribution >= 4 is 17.6 Å². The molecule has 94 valence electrons. The lowest BCUT2D eigenvalue weighted by Gasteiger charge is -2.19. The summed E-state index contributed by atoms with van der Waals surface area (Å²) in [6.07, 6.45) is 0.890. The van der Waals surface area contributed by atoms with Gasteiger partial charge in [-0.1, -0.05) is 39.8 Å². The van der Waals surface area contributed by atoms with E-state index in [0.29, 0.717) is 0 Å². The van der Waals surface area contributed by atoms with E-state index in [-0.39, 0.29) is 16.5 Å². The fourth-order valence-corrected chi connectivity index (χ4v) is 2.48. The Morgan fingerprint density at radius 3 is 2.18 bits per heavy atom. The summed E-state index contributed by atoms with van der Waals surface area (Å²) in [7, 11) is 0. The number of thioether (sulfide) groups is 1. The van der Waals surface area contributed by atoms with E-state index >= 15 is 0 Å². The zero-order valence-electron chi connectivity index (χ0n) is 11.1. The van der Waals surface area contributed by atoms with E-state index in [4.69, 9.17) is 11.1 Å². The van der Waals surface area contributed by atoms with Crippen LogP contribution in [0.4, 0.5) is 0 Å². The van der Waals surface area contributed by atoms with Crippen molar-refractivity contribution in [1.29, 1.82) is 5.41 Å². The zero-order valence-corrected chi connectivity index (χ0v) is 11.9. The van der Waals surface area contributed by atoms with Crippen LogP contribution in [0.5, 0.6) is 0 Å². The number of nitrogens with two attached hydrogens (primary N) is 1. The monoisotopic (exact) mass is 250 g/mol. The van der Waals surface area contributed by atoms with E-state index in [1.165, 1.54) is 10.5 Å². The van der Waals surface area contributed by atoms with Gasteiger partial charge in [0.2, 0.25) is 0 Å². The van der Waals surface area contributed by atoms with Gasteiger partial charge in [0.15, 0.2) is 0 Å². The second-order valence-corrected chi connectivity index (χ2v) is 6.52. The molecule has 3 heteroatoms. The van der Waals surface area contributed by atoms with E-state index in [2.05, 4.69) is 52.0 Å². The molecule has 1 aromatic rings. The van der Waals surface area contributed by atoms with E-state index < -0.39 is 0 Å². The van der Waals surface area contributed by atoms with E-state index in [1.807, 2.05) is 0 Å². The Labute approximate surface area is 108 Å². The van der Waals surface area contributed by atoms with Gasteiger partial charge >= 0.3 is 0 Å². The van der Waals surface area contributed by atoms with Crippen molar-refractivity contribution in [3.05, 3.63) is 29.8 Å². The Kier molecular flexibility index (Phi) is 4.63. The maximum absolute atomic E-state index is 7.50. The van der Waals surface area contributed by atoms with Crippen molar-refractivity contribution in [3.63, 3.8) is 0 Å². The van der Waals surface area contributed by atoms with Crippen molar-refractivity contribution in [2.24, 2.45) is 5.73 Å². The minimum Gasteiger partial charge on any atom is -0.387 e. The lowest BCUT2D eigenvalue weighted by atomic mass is 9.87. The molecule has 0 aliphatic carbocycles. The van der Waals surface area contributed by atoms with Gasteiger partial charge < -0.3 is 5.73 Å². The van der Waals surface area contributed by atoms with Crippen LogP contribution in [0.2, 0.25) is 0 Å². The van der Waals surface area contributed by atoms with Gasteiger partial charge in [0.1, 0.15) is 5.84 Å². The molecule has 17 heavy (non-hydrogen) atoms. The summed E-state index contributed by atoms with van der Waals surface area (Å²) in [4.78, 5) is 1.18. The molecule has 0 saturated carbocycles. The Hall–Kier alpha value is -0.960. The largest absolute Gasteiger partial charge is 0.387 e. The second-order valence-electron chi connectivity index (χ2n) is 5.24. The van der Waals surface area contributed by atoms with Crippen molar-refractivity contribution in [3.8, 4) is 0 Å². The molecule has 0 saturated heterocycles. The molecule has 0 fully saturated rings. The fraction of sp³-hybridized carbons (Fsp3) is 0.500. The van der Waals surface area contributed by atoms with Crippen LogP contribution in [0.15, 0.2) is 29.2 Å². The van der Waals surface area contributed by atoms with Gasteiger partial charge in [-0.25, -0.2) is 0 Å². The summed E-state index contributed by atoms with van der Waals surface area (Å²) in [5, 5.41) is 7.59. The minimum atomic E-state index is 0.0930. The Bertz CT molecular complexity index is 376. The molecule has 0 aromatic heterocycles. The normalized spacial score (nSPS) is 13.4. The first-order valence-corrected chi connectivity index (χ1v) is 6.83. The fourth-order valence-electron chi connectivity index (χ4n) is 1.56. The smallest absolute Gasteiger partial charge is 0.104 e. The average molecular weight is 250 g/mol. The summed E-state index contributed by atoms with van der Waals surface area (Å²) >= 11 is 1.67. The predicted molar refractivity (Wildman–Crippen MR) is 77.0 cm³/mol. The van der Waals surface area contributed by atoms with Crippen LogP contribution in [-0.2, 0) is 5.41 Å². The molecule has 0 amide bonds. The third kappa shape index (κ3) is 4.08. The highest BCUT2D eigenvalue weighted by Crippen LogP contribution is 2.28. The minimum absolute atomic E-state index is 0.0930. The summed E-state index contributed by atoms with van der Waals surface area (Å²) < 4.78 is 0. The first-order chi connectivity index (χ1) is 7.84. The van der Waals surface area contributed by atoms with Crippen molar-refractivity contribution in [2.45, 2.75) is 49.7 Å². The molecule has 1 atom stereocenters. The third-order valence-electron chi connectivity index (χ3n) is 2.72. The molecule has 0 heterocycles. The molecule has 1 unspecified atom stereocenters. The molecule has 0 bridgehead atoms. The van der Waals surface area contributed by atoms with Gasteiger partial charge in [-0.3, -0.25) is 5.41 Å². The molecular formula is C14H22N2S. The van der Waals surface area contributed by atoms with Crippen LogP contribution in [0, 0.1) is 5.41 Å². The summed E-state index contributed by atoms with van der Waals surface area (Å²) in [6.45, 7) is 8.68. The van der Waals surface area contributed by atoms with Crippen molar-refractivity contribution in [1.82, 2.24) is 0 Å². The quantitative estimate of drug-likeness (QED) is 0.485. The molecule has 0 aliphatic heterocycles. The number of hydrogen-bond acceptors (Lipinski definition) is 2. The summed E-state index contributed by atoms with van der Waals surface area (Å²) in [6, 6.07) is 8.57. The SMILES string of the molecule is CCC(Sc1ccc(C(C)(C)C)cc1)C(=N)N. The topological polar surface area (TPSA) is 49.9 Å². The molecule has 1 rings (SSSR count). The number of hydrogen-bond donors (Lipinski definition) is 2. The zero-order chi connectivity index (χ0) is 13.1. The van der Waals surface area contributed by atoms with Gasteiger partial charge in [-0.2, -0.15) is 0 Å². The second kappa shape index (κ2) is 5.58. The van der Waals surface area contributed by atoms with Crippen LogP contribution in [0.25, 0.3) is 0 Å². The van der Waals surface area contributed by atoms with Crippen molar-refractivity contribution in [2.75, 3.05) is 0 Å². The van der Waals surface area contributed by atoms with E-state index in [9.17, 15) is 0 Å². The number of benzene rings is 1. The van der Waals surface area contributed by atoms with Gasteiger partial charge in [-0.05, 0) is 29.5 Å². The number of nitrogens with one attached hydrogen (secondary N) is 1. The molecule has 0 spiro atoms. The highest BCUT2D eigenvalue weighted by atomic mass is 32.2. The summed E-state index contributed by atoms with van der Waals surface area (Å²) in [5.41, 5.74) is 7.08. The van der Waals surface area contributed by atoms with Crippen LogP contribution >= 0.6 is 11.8 Å². The Balaban J connectivity index is 2.78. The van der Waals surface area contributed by atoms with Crippen LogP contribution in [0.3, 0.4) is 0 Å². The molecular weight excluding hydrogens is 228 g/mol. The highest BCUT2D eigenvalue weighted by Gasteiger charge is 2.14. The maximum Gasteiger partial charge on any atom is 0.104 e. The van der Waals surface area contributed by atoms with Gasteiger partial charge in [0, 0.05) is 4.90 Å². The van der Waals surface area contributed by atoms with Gasteiger partial charge in [-0.15, -0.1) is 11.8 Å². The number of amidine groups is 1. The lowest BCUT2D eigenvalue weighted by Crippen LogP contribution is -2.23. The highest BCUT2D eigenvalue weighted by molar-refractivity contribution is 8.00. The summed E-state index contributed by atoms with van der Waals surface area (Å²) in [5.74, 6) is 0.261. The Morgan fingerprint density at radius 2 is 1.82 bits per heavy atom. The first kappa shape index (κ1) is 14.1. The van der Waals surface area contributed by atoms with Crippen molar-refractivity contribution < 1.29 is 0 Å². The average Bonchev–Trinajstić information content (AvgIpc) is 2.25. The molecule has 3 N–H and O–H groups in total. The van der Waals surface area contributed by atoms with Crippen LogP contribution in [-0.4, -0.2) is 11.1 Å². The Morgan fingerprint density at radius 1 is 1.29 bits per heavy atom. The number of rotatable bonds is 4. The van der Waals surface area contributed by atoms with E-state index in [1.54, 1.807) is 11.8 Å². The van der Waals surface area contributed by atoms with Crippen LogP contribution in [0.1, 0.15) is 39.7 Å². The molecule has 2 nitrogen and oxygen atoms in total.